The van der Waals surface area contributed by atoms with Crippen molar-refractivity contribution in [2.24, 2.45) is 5.92 Å². The summed E-state index contributed by atoms with van der Waals surface area (Å²) >= 11 is 0. The van der Waals surface area contributed by atoms with E-state index in [0.717, 1.165) is 19.0 Å². The second-order valence-corrected chi connectivity index (χ2v) is 4.30. The van der Waals surface area contributed by atoms with Gasteiger partial charge < -0.3 is 4.74 Å². The summed E-state index contributed by atoms with van der Waals surface area (Å²) in [6.45, 7) is 8.75. The highest BCUT2D eigenvalue weighted by atomic mass is 16.5. The molecule has 3 nitrogen and oxygen atoms in total. The third-order valence-corrected chi connectivity index (χ3v) is 2.79. The Morgan fingerprint density at radius 1 is 1.53 bits per heavy atom. The molecule has 0 saturated carbocycles. The van der Waals surface area contributed by atoms with Crippen LogP contribution in [0.25, 0.3) is 0 Å². The lowest BCUT2D eigenvalue weighted by molar-refractivity contribution is -0.137. The zero-order valence-electron chi connectivity index (χ0n) is 9.90. The van der Waals surface area contributed by atoms with Crippen LogP contribution in [0.2, 0.25) is 0 Å². The largest absolute Gasteiger partial charge is 0.463 e. The van der Waals surface area contributed by atoms with Crippen LogP contribution in [0.4, 0.5) is 0 Å². The van der Waals surface area contributed by atoms with Gasteiger partial charge in [0.15, 0.2) is 0 Å². The molecule has 1 aliphatic heterocycles. The molecule has 1 rings (SSSR count). The molecule has 1 aliphatic rings. The summed E-state index contributed by atoms with van der Waals surface area (Å²) in [5.41, 5.74) is 0. The maximum Gasteiger partial charge on any atom is 0.330 e. The Kier molecular flexibility index (Phi) is 4.82. The average Bonchev–Trinajstić information content (AvgIpc) is 2.46. The number of carbonyl (C=O) groups excluding carboxylic acids is 1. The summed E-state index contributed by atoms with van der Waals surface area (Å²) in [6, 6.07) is 0.631. The van der Waals surface area contributed by atoms with E-state index in [1.54, 1.807) is 0 Å². The van der Waals surface area contributed by atoms with Crippen molar-refractivity contribution in [3.63, 3.8) is 0 Å². The molecule has 0 aromatic heterocycles. The normalized spacial score (nSPS) is 27.4. The van der Waals surface area contributed by atoms with Gasteiger partial charge in [0.1, 0.15) is 0 Å². The lowest BCUT2D eigenvalue weighted by Crippen LogP contribution is -2.27. The van der Waals surface area contributed by atoms with Gasteiger partial charge in [-0.25, -0.2) is 4.79 Å². The van der Waals surface area contributed by atoms with Crippen molar-refractivity contribution in [3.05, 3.63) is 12.2 Å². The lowest BCUT2D eigenvalue weighted by Gasteiger charge is -2.18. The van der Waals surface area contributed by atoms with Gasteiger partial charge in [-0.2, -0.15) is 0 Å². The Bertz CT molecular complexity index is 238. The quantitative estimate of drug-likeness (QED) is 0.525. The molecular formula is C12H21NO2. The standard InChI is InChI=1S/C12H21NO2/c1-4-15-12(14)6-5-7-13-9-10(2)8-11(13)3/h5-6,10-11H,4,7-9H2,1-3H3/b6-5+. The molecule has 0 aromatic rings. The minimum Gasteiger partial charge on any atom is -0.463 e. The molecule has 1 heterocycles. The number of hydrogen-bond acceptors (Lipinski definition) is 3. The van der Waals surface area contributed by atoms with Crippen LogP contribution in [0.5, 0.6) is 0 Å². The van der Waals surface area contributed by atoms with Crippen LogP contribution in [-0.4, -0.2) is 36.6 Å². The van der Waals surface area contributed by atoms with Gasteiger partial charge in [-0.3, -0.25) is 4.90 Å². The van der Waals surface area contributed by atoms with E-state index in [4.69, 9.17) is 4.74 Å². The molecule has 0 aromatic carbocycles. The van der Waals surface area contributed by atoms with E-state index in [1.807, 2.05) is 13.0 Å². The fraction of sp³-hybridized carbons (Fsp3) is 0.750. The highest BCUT2D eigenvalue weighted by Gasteiger charge is 2.24. The molecule has 3 heteroatoms. The Hall–Kier alpha value is -0.830. The van der Waals surface area contributed by atoms with Gasteiger partial charge in [0, 0.05) is 25.2 Å². The molecule has 0 radical (unpaired) electrons. The number of rotatable bonds is 4. The van der Waals surface area contributed by atoms with Crippen LogP contribution < -0.4 is 0 Å². The summed E-state index contributed by atoms with van der Waals surface area (Å²) in [5.74, 6) is 0.536. The Morgan fingerprint density at radius 2 is 2.27 bits per heavy atom. The summed E-state index contributed by atoms with van der Waals surface area (Å²) in [6.07, 6.45) is 4.68. The zero-order chi connectivity index (χ0) is 11.3. The second-order valence-electron chi connectivity index (χ2n) is 4.30. The van der Waals surface area contributed by atoms with Crippen molar-refractivity contribution in [3.8, 4) is 0 Å². The minimum absolute atomic E-state index is 0.239. The van der Waals surface area contributed by atoms with Crippen molar-refractivity contribution in [2.75, 3.05) is 19.7 Å². The van der Waals surface area contributed by atoms with Gasteiger partial charge in [-0.15, -0.1) is 0 Å². The molecule has 0 spiro atoms. The van der Waals surface area contributed by atoms with E-state index in [0.29, 0.717) is 12.6 Å². The van der Waals surface area contributed by atoms with Crippen molar-refractivity contribution in [1.82, 2.24) is 4.90 Å². The van der Waals surface area contributed by atoms with Crippen LogP contribution >= 0.6 is 0 Å². The van der Waals surface area contributed by atoms with E-state index < -0.39 is 0 Å². The predicted octanol–water partition coefficient (Wildman–Crippen LogP) is 1.84. The second kappa shape index (κ2) is 5.91. The first kappa shape index (κ1) is 12.2. The summed E-state index contributed by atoms with van der Waals surface area (Å²) in [5, 5.41) is 0. The molecule has 2 unspecified atom stereocenters. The van der Waals surface area contributed by atoms with E-state index in [9.17, 15) is 4.79 Å². The van der Waals surface area contributed by atoms with Gasteiger partial charge in [0.25, 0.3) is 0 Å². The summed E-state index contributed by atoms with van der Waals surface area (Å²) in [7, 11) is 0. The molecule has 86 valence electrons. The first-order valence-corrected chi connectivity index (χ1v) is 5.70. The summed E-state index contributed by atoms with van der Waals surface area (Å²) in [4.78, 5) is 13.4. The zero-order valence-corrected chi connectivity index (χ0v) is 9.90. The number of esters is 1. The fourth-order valence-electron chi connectivity index (χ4n) is 2.12. The Balaban J connectivity index is 2.27. The SMILES string of the molecule is CCOC(=O)/C=C/CN1CC(C)CC1C. The molecule has 0 bridgehead atoms. The lowest BCUT2D eigenvalue weighted by atomic mass is 10.1. The number of likely N-dealkylation sites (tertiary alicyclic amines) is 1. The van der Waals surface area contributed by atoms with Gasteiger partial charge in [-0.05, 0) is 26.2 Å². The van der Waals surface area contributed by atoms with Gasteiger partial charge in [0.05, 0.1) is 6.61 Å². The molecule has 1 saturated heterocycles. The van der Waals surface area contributed by atoms with Crippen LogP contribution in [0.15, 0.2) is 12.2 Å². The third kappa shape index (κ3) is 4.04. The van der Waals surface area contributed by atoms with Crippen LogP contribution in [0.1, 0.15) is 27.2 Å². The molecule has 2 atom stereocenters. The Morgan fingerprint density at radius 3 is 2.80 bits per heavy atom. The third-order valence-electron chi connectivity index (χ3n) is 2.79. The van der Waals surface area contributed by atoms with Crippen molar-refractivity contribution >= 4 is 5.97 Å². The van der Waals surface area contributed by atoms with Crippen molar-refractivity contribution < 1.29 is 9.53 Å². The van der Waals surface area contributed by atoms with Gasteiger partial charge in [-0.1, -0.05) is 13.0 Å². The smallest absolute Gasteiger partial charge is 0.330 e. The number of carbonyl (C=O) groups is 1. The fourth-order valence-corrected chi connectivity index (χ4v) is 2.12. The van der Waals surface area contributed by atoms with Crippen molar-refractivity contribution in [1.29, 1.82) is 0 Å². The van der Waals surface area contributed by atoms with Gasteiger partial charge >= 0.3 is 5.97 Å². The van der Waals surface area contributed by atoms with Crippen LogP contribution in [0.3, 0.4) is 0 Å². The van der Waals surface area contributed by atoms with Gasteiger partial charge in [0.2, 0.25) is 0 Å². The monoisotopic (exact) mass is 211 g/mol. The predicted molar refractivity (Wildman–Crippen MR) is 60.6 cm³/mol. The van der Waals surface area contributed by atoms with E-state index in [-0.39, 0.29) is 5.97 Å². The highest BCUT2D eigenvalue weighted by molar-refractivity contribution is 5.81. The molecule has 0 aliphatic carbocycles. The van der Waals surface area contributed by atoms with Crippen LogP contribution in [0, 0.1) is 5.92 Å². The topological polar surface area (TPSA) is 29.5 Å². The molecule has 0 N–H and O–H groups in total. The van der Waals surface area contributed by atoms with E-state index >= 15 is 0 Å². The maximum absolute atomic E-state index is 11.0. The molecule has 15 heavy (non-hydrogen) atoms. The van der Waals surface area contributed by atoms with E-state index in [1.165, 1.54) is 12.5 Å². The first-order chi connectivity index (χ1) is 7.13. The maximum atomic E-state index is 11.0. The molecule has 1 fully saturated rings. The number of ether oxygens (including phenoxy) is 1. The van der Waals surface area contributed by atoms with Crippen LogP contribution in [-0.2, 0) is 9.53 Å². The Labute approximate surface area is 92.1 Å². The average molecular weight is 211 g/mol. The molecule has 0 amide bonds. The number of nitrogens with zero attached hydrogens (tertiary/aromatic N) is 1. The first-order valence-electron chi connectivity index (χ1n) is 5.70. The highest BCUT2D eigenvalue weighted by Crippen LogP contribution is 2.21. The molecular weight excluding hydrogens is 190 g/mol. The summed E-state index contributed by atoms with van der Waals surface area (Å²) < 4.78 is 4.81. The van der Waals surface area contributed by atoms with Crippen molar-refractivity contribution in [2.45, 2.75) is 33.2 Å². The van der Waals surface area contributed by atoms with E-state index in [2.05, 4.69) is 18.7 Å². The number of hydrogen-bond donors (Lipinski definition) is 0. The minimum atomic E-state index is -0.239.